The highest BCUT2D eigenvalue weighted by Crippen LogP contribution is 2.33. The molecule has 0 atom stereocenters. The number of benzene rings is 1. The Bertz CT molecular complexity index is 623. The molecule has 3 rings (SSSR count). The van der Waals surface area contributed by atoms with Gasteiger partial charge in [-0.2, -0.15) is 0 Å². The molecule has 17 heavy (non-hydrogen) atoms. The van der Waals surface area contributed by atoms with Crippen LogP contribution in [0.15, 0.2) is 41.0 Å². The van der Waals surface area contributed by atoms with Gasteiger partial charge in [-0.25, -0.2) is 0 Å². The van der Waals surface area contributed by atoms with E-state index in [0.717, 1.165) is 22.6 Å². The number of anilines is 1. The summed E-state index contributed by atoms with van der Waals surface area (Å²) >= 11 is 0. The maximum atomic E-state index is 11.8. The van der Waals surface area contributed by atoms with Gasteiger partial charge >= 0.3 is 0 Å². The molecule has 1 aromatic carbocycles. The number of nitrogens with one attached hydrogen (secondary N) is 1. The predicted octanol–water partition coefficient (Wildman–Crippen LogP) is 3.08. The van der Waals surface area contributed by atoms with Crippen molar-refractivity contribution in [2.75, 3.05) is 5.32 Å². The van der Waals surface area contributed by atoms with Crippen LogP contribution in [0.25, 0.3) is 11.6 Å². The van der Waals surface area contributed by atoms with Crippen LogP contribution in [0.5, 0.6) is 0 Å². The molecule has 0 saturated heterocycles. The van der Waals surface area contributed by atoms with Crippen LogP contribution >= 0.6 is 0 Å². The summed E-state index contributed by atoms with van der Waals surface area (Å²) in [6.07, 6.45) is 3.41. The van der Waals surface area contributed by atoms with Crippen molar-refractivity contribution in [1.29, 1.82) is 0 Å². The first-order valence-corrected chi connectivity index (χ1v) is 5.42. The summed E-state index contributed by atoms with van der Waals surface area (Å²) in [5.41, 5.74) is 3.45. The molecule has 2 aromatic rings. The average Bonchev–Trinajstić information content (AvgIpc) is 2.85. The van der Waals surface area contributed by atoms with E-state index in [1.807, 2.05) is 37.3 Å². The van der Waals surface area contributed by atoms with Crippen molar-refractivity contribution in [3.63, 3.8) is 0 Å². The number of furan rings is 1. The minimum atomic E-state index is -0.0815. The summed E-state index contributed by atoms with van der Waals surface area (Å²) in [6, 6.07) is 9.52. The first-order valence-electron chi connectivity index (χ1n) is 5.42. The Morgan fingerprint density at radius 3 is 2.82 bits per heavy atom. The van der Waals surface area contributed by atoms with Crippen molar-refractivity contribution in [2.45, 2.75) is 6.92 Å². The molecule has 0 fully saturated rings. The third kappa shape index (κ3) is 1.56. The maximum absolute atomic E-state index is 11.8. The lowest BCUT2D eigenvalue weighted by Crippen LogP contribution is -2.03. The molecule has 0 aliphatic carbocycles. The van der Waals surface area contributed by atoms with Crippen LogP contribution in [0.1, 0.15) is 16.9 Å². The fraction of sp³-hybridized carbons (Fsp3) is 0.0714. The van der Waals surface area contributed by atoms with Gasteiger partial charge in [0.05, 0.1) is 11.8 Å². The number of para-hydroxylation sites is 1. The average molecular weight is 225 g/mol. The zero-order valence-electron chi connectivity index (χ0n) is 9.36. The van der Waals surface area contributed by atoms with Crippen molar-refractivity contribution in [3.05, 3.63) is 53.5 Å². The van der Waals surface area contributed by atoms with Crippen LogP contribution < -0.4 is 5.32 Å². The number of hydrogen-bond acceptors (Lipinski definition) is 2. The molecule has 0 unspecified atom stereocenters. The Morgan fingerprint density at radius 2 is 2.06 bits per heavy atom. The van der Waals surface area contributed by atoms with E-state index in [4.69, 9.17) is 4.42 Å². The van der Waals surface area contributed by atoms with Crippen molar-refractivity contribution >= 4 is 23.2 Å². The van der Waals surface area contributed by atoms with Gasteiger partial charge in [0.2, 0.25) is 0 Å². The molecule has 0 spiro atoms. The van der Waals surface area contributed by atoms with Crippen molar-refractivity contribution < 1.29 is 9.21 Å². The predicted molar refractivity (Wildman–Crippen MR) is 66.4 cm³/mol. The Morgan fingerprint density at radius 1 is 1.24 bits per heavy atom. The van der Waals surface area contributed by atoms with Gasteiger partial charge in [0, 0.05) is 11.3 Å². The lowest BCUT2D eigenvalue weighted by atomic mass is 10.1. The highest BCUT2D eigenvalue weighted by molar-refractivity contribution is 6.34. The van der Waals surface area contributed by atoms with E-state index in [0.29, 0.717) is 5.57 Å². The molecular formula is C14H11NO2. The van der Waals surface area contributed by atoms with Gasteiger partial charge in [-0.1, -0.05) is 18.2 Å². The largest absolute Gasteiger partial charge is 0.465 e. The highest BCUT2D eigenvalue weighted by Gasteiger charge is 2.23. The second kappa shape index (κ2) is 3.63. The van der Waals surface area contributed by atoms with Crippen LogP contribution in [0, 0.1) is 6.92 Å². The number of amides is 1. The Labute approximate surface area is 98.8 Å². The molecular weight excluding hydrogens is 214 g/mol. The number of hydrogen-bond donors (Lipinski definition) is 1. The Balaban J connectivity index is 2.13. The molecule has 0 bridgehead atoms. The molecule has 3 heteroatoms. The van der Waals surface area contributed by atoms with E-state index < -0.39 is 0 Å². The maximum Gasteiger partial charge on any atom is 0.256 e. The van der Waals surface area contributed by atoms with E-state index in [2.05, 4.69) is 5.32 Å². The SMILES string of the molecule is Cc1ccoc1C=C1C(=O)Nc2ccccc21. The third-order valence-electron chi connectivity index (χ3n) is 2.89. The van der Waals surface area contributed by atoms with E-state index in [1.54, 1.807) is 12.3 Å². The lowest BCUT2D eigenvalue weighted by Gasteiger charge is -1.96. The van der Waals surface area contributed by atoms with Gasteiger partial charge in [0.1, 0.15) is 5.76 Å². The zero-order valence-corrected chi connectivity index (χ0v) is 9.36. The summed E-state index contributed by atoms with van der Waals surface area (Å²) in [5.74, 6) is 0.647. The third-order valence-corrected chi connectivity index (χ3v) is 2.89. The van der Waals surface area contributed by atoms with E-state index >= 15 is 0 Å². The number of carbonyl (C=O) groups excluding carboxylic acids is 1. The fourth-order valence-corrected chi connectivity index (χ4v) is 1.95. The van der Waals surface area contributed by atoms with Crippen LogP contribution in [0.4, 0.5) is 5.69 Å². The first-order chi connectivity index (χ1) is 8.25. The molecule has 0 saturated carbocycles. The van der Waals surface area contributed by atoms with Gasteiger partial charge in [-0.3, -0.25) is 4.79 Å². The van der Waals surface area contributed by atoms with Gasteiger partial charge < -0.3 is 9.73 Å². The van der Waals surface area contributed by atoms with Crippen molar-refractivity contribution in [3.8, 4) is 0 Å². The lowest BCUT2D eigenvalue weighted by molar-refractivity contribution is -0.110. The second-order valence-electron chi connectivity index (χ2n) is 4.03. The Hall–Kier alpha value is -2.29. The number of aryl methyl sites for hydroxylation is 1. The summed E-state index contributed by atoms with van der Waals surface area (Å²) in [4.78, 5) is 11.8. The zero-order chi connectivity index (χ0) is 11.8. The molecule has 84 valence electrons. The van der Waals surface area contributed by atoms with Crippen molar-refractivity contribution in [2.24, 2.45) is 0 Å². The second-order valence-corrected chi connectivity index (χ2v) is 4.03. The van der Waals surface area contributed by atoms with Crippen molar-refractivity contribution in [1.82, 2.24) is 0 Å². The molecule has 0 radical (unpaired) electrons. The topological polar surface area (TPSA) is 42.2 Å². The van der Waals surface area contributed by atoms with Crippen LogP contribution in [-0.4, -0.2) is 5.91 Å². The Kier molecular flexibility index (Phi) is 2.11. The van der Waals surface area contributed by atoms with Gasteiger partial charge in [-0.05, 0) is 30.7 Å². The molecule has 1 N–H and O–H groups in total. The molecule has 1 aromatic heterocycles. The van der Waals surface area contributed by atoms with Crippen LogP contribution in [0.2, 0.25) is 0 Å². The molecule has 2 heterocycles. The summed E-state index contributed by atoms with van der Waals surface area (Å²) in [6.45, 7) is 1.95. The minimum Gasteiger partial charge on any atom is -0.465 e. The standard InChI is InChI=1S/C14H11NO2/c1-9-6-7-17-13(9)8-11-10-4-2-3-5-12(10)15-14(11)16/h2-8H,1H3,(H,15,16). The molecule has 1 aliphatic rings. The summed E-state index contributed by atoms with van der Waals surface area (Å²) in [5, 5.41) is 2.83. The first kappa shape index (κ1) is 9.90. The van der Waals surface area contributed by atoms with Gasteiger partial charge in [0.15, 0.2) is 0 Å². The normalized spacial score (nSPS) is 16.1. The molecule has 1 amide bonds. The number of rotatable bonds is 1. The van der Waals surface area contributed by atoms with E-state index in [9.17, 15) is 4.79 Å². The van der Waals surface area contributed by atoms with E-state index in [1.165, 1.54) is 0 Å². The fourth-order valence-electron chi connectivity index (χ4n) is 1.95. The molecule has 3 nitrogen and oxygen atoms in total. The van der Waals surface area contributed by atoms with Crippen LogP contribution in [0.3, 0.4) is 0 Å². The highest BCUT2D eigenvalue weighted by atomic mass is 16.3. The van der Waals surface area contributed by atoms with Gasteiger partial charge in [-0.15, -0.1) is 0 Å². The minimum absolute atomic E-state index is 0.0815. The number of fused-ring (bicyclic) bond motifs is 1. The van der Waals surface area contributed by atoms with Crippen LogP contribution in [-0.2, 0) is 4.79 Å². The quantitative estimate of drug-likeness (QED) is 0.758. The summed E-state index contributed by atoms with van der Waals surface area (Å²) < 4.78 is 5.33. The van der Waals surface area contributed by atoms with E-state index in [-0.39, 0.29) is 5.91 Å². The monoisotopic (exact) mass is 225 g/mol. The smallest absolute Gasteiger partial charge is 0.256 e. The number of carbonyl (C=O) groups is 1. The summed E-state index contributed by atoms with van der Waals surface area (Å²) in [7, 11) is 0. The van der Waals surface area contributed by atoms with Gasteiger partial charge in [0.25, 0.3) is 5.91 Å². The molecule has 1 aliphatic heterocycles.